The van der Waals surface area contributed by atoms with Crippen LogP contribution in [0.3, 0.4) is 0 Å². The molecule has 2 aromatic heterocycles. The second-order valence-corrected chi connectivity index (χ2v) is 17.4. The van der Waals surface area contributed by atoms with Crippen LogP contribution in [-0.2, 0) is 37.1 Å². The third-order valence-electron chi connectivity index (χ3n) is 12.9. The van der Waals surface area contributed by atoms with Crippen molar-refractivity contribution in [2.24, 2.45) is 0 Å². The van der Waals surface area contributed by atoms with E-state index < -0.39 is 104 Å². The summed E-state index contributed by atoms with van der Waals surface area (Å²) in [4.78, 5) is 0. The van der Waals surface area contributed by atoms with Crippen molar-refractivity contribution in [2.75, 3.05) is 0 Å². The van der Waals surface area contributed by atoms with E-state index in [1.165, 1.54) is 69.8 Å². The molecule has 21 heteroatoms. The average molecular weight is 1070 g/mol. The summed E-state index contributed by atoms with van der Waals surface area (Å²) in [6.07, 6.45) is -32.0. The van der Waals surface area contributed by atoms with E-state index in [0.717, 1.165) is 36.4 Å². The molecule has 0 bridgehead atoms. The van der Waals surface area contributed by atoms with Gasteiger partial charge in [0.1, 0.15) is 6.07 Å². The highest BCUT2D eigenvalue weighted by atomic mass is 19.4. The lowest BCUT2D eigenvalue weighted by atomic mass is 9.90. The van der Waals surface area contributed by atoms with Gasteiger partial charge in [-0.15, -0.1) is 0 Å². The molecule has 0 fully saturated rings. The third-order valence-corrected chi connectivity index (χ3v) is 12.9. The molecule has 3 nitrogen and oxygen atoms in total. The minimum Gasteiger partial charge on any atom is -0.309 e. The van der Waals surface area contributed by atoms with E-state index in [0.29, 0.717) is 42.5 Å². The van der Waals surface area contributed by atoms with Crippen molar-refractivity contribution >= 4 is 43.6 Å². The lowest BCUT2D eigenvalue weighted by molar-refractivity contribution is -0.144. The van der Waals surface area contributed by atoms with Crippen molar-refractivity contribution in [3.63, 3.8) is 0 Å². The molecule has 0 aliphatic rings. The summed E-state index contributed by atoms with van der Waals surface area (Å²) < 4.78 is 263. The topological polar surface area (TPSA) is 33.6 Å². The first kappa shape index (κ1) is 51.1. The average Bonchev–Trinajstić information content (AvgIpc) is 3.88. The molecule has 0 saturated heterocycles. The Morgan fingerprint density at radius 2 is 0.711 bits per heavy atom. The van der Waals surface area contributed by atoms with Crippen LogP contribution in [0, 0.1) is 11.3 Å². The quantitative estimate of drug-likeness (QED) is 0.158. The van der Waals surface area contributed by atoms with Crippen molar-refractivity contribution < 1.29 is 79.0 Å². The Bertz CT molecular complexity index is 4010. The SMILES string of the molecule is N#Cc1cc(-n2c3ccccc3c3cc(-c4ccc(C(F)(F)F)cc4C(F)(F)F)ccc32)c(-c2c(C(F)(F)F)cccc2C(F)(F)F)cc1-n1c2ccccc2c2cc(-c3ccc(C(F)(F)F)cc3C(F)(F)F)ccc21. The fourth-order valence-electron chi connectivity index (χ4n) is 9.77. The molecule has 2 heterocycles. The Morgan fingerprint density at radius 3 is 1.11 bits per heavy atom. The van der Waals surface area contributed by atoms with Gasteiger partial charge in [0.25, 0.3) is 0 Å². The molecular formula is C55H25F18N3. The number of aromatic nitrogens is 2. The highest BCUT2D eigenvalue weighted by molar-refractivity contribution is 6.13. The molecule has 0 saturated carbocycles. The first-order valence-electron chi connectivity index (χ1n) is 22.0. The highest BCUT2D eigenvalue weighted by Crippen LogP contribution is 2.51. The number of rotatable bonds is 5. The molecule has 0 unspecified atom stereocenters. The number of hydrogen-bond acceptors (Lipinski definition) is 1. The van der Waals surface area contributed by atoms with Crippen LogP contribution in [0.25, 0.3) is 88.4 Å². The fourth-order valence-corrected chi connectivity index (χ4v) is 9.77. The van der Waals surface area contributed by atoms with Gasteiger partial charge in [0.05, 0.1) is 72.4 Å². The van der Waals surface area contributed by atoms with E-state index in [4.69, 9.17) is 0 Å². The summed E-state index contributed by atoms with van der Waals surface area (Å²) >= 11 is 0. The van der Waals surface area contributed by atoms with Crippen LogP contribution in [0.1, 0.15) is 38.9 Å². The van der Waals surface area contributed by atoms with Crippen molar-refractivity contribution in [2.45, 2.75) is 37.1 Å². The van der Waals surface area contributed by atoms with Crippen LogP contribution in [0.15, 0.2) is 152 Å². The molecule has 0 aliphatic carbocycles. The Labute approximate surface area is 414 Å². The lowest BCUT2D eigenvalue weighted by Gasteiger charge is -2.24. The van der Waals surface area contributed by atoms with Gasteiger partial charge in [-0.1, -0.05) is 66.7 Å². The van der Waals surface area contributed by atoms with Crippen LogP contribution >= 0.6 is 0 Å². The lowest BCUT2D eigenvalue weighted by Crippen LogP contribution is -2.15. The van der Waals surface area contributed by atoms with Crippen LogP contribution in [0.4, 0.5) is 79.0 Å². The van der Waals surface area contributed by atoms with Crippen LogP contribution in [-0.4, -0.2) is 9.13 Å². The van der Waals surface area contributed by atoms with Crippen molar-refractivity contribution in [1.82, 2.24) is 9.13 Å². The molecule has 0 radical (unpaired) electrons. The first-order chi connectivity index (χ1) is 35.5. The maximum absolute atomic E-state index is 15.3. The predicted molar refractivity (Wildman–Crippen MR) is 246 cm³/mol. The molecule has 0 N–H and O–H groups in total. The molecule has 0 aliphatic heterocycles. The minimum absolute atomic E-state index is 0.0201. The smallest absolute Gasteiger partial charge is 0.309 e. The van der Waals surface area contributed by atoms with Gasteiger partial charge in [0.2, 0.25) is 0 Å². The zero-order chi connectivity index (χ0) is 54.8. The maximum atomic E-state index is 15.3. The van der Waals surface area contributed by atoms with Gasteiger partial charge >= 0.3 is 37.1 Å². The molecular weight excluding hydrogens is 1040 g/mol. The molecule has 0 atom stereocenters. The molecule has 8 aromatic carbocycles. The summed E-state index contributed by atoms with van der Waals surface area (Å²) in [5.41, 5.74) is -15.5. The molecule has 10 aromatic rings. The fraction of sp³-hybridized carbons (Fsp3) is 0.109. The van der Waals surface area contributed by atoms with E-state index in [9.17, 15) is 57.9 Å². The second kappa shape index (κ2) is 17.3. The van der Waals surface area contributed by atoms with Crippen molar-refractivity contribution in [3.8, 4) is 50.8 Å². The summed E-state index contributed by atoms with van der Waals surface area (Å²) in [6.45, 7) is 0. The normalized spacial score (nSPS) is 13.1. The minimum atomic E-state index is -5.51. The Hall–Kier alpha value is -8.41. The van der Waals surface area contributed by atoms with Gasteiger partial charge in [-0.05, 0) is 107 Å². The second-order valence-electron chi connectivity index (χ2n) is 17.4. The van der Waals surface area contributed by atoms with E-state index in [1.807, 2.05) is 6.07 Å². The monoisotopic (exact) mass is 1070 g/mol. The Morgan fingerprint density at radius 1 is 0.316 bits per heavy atom. The molecule has 76 heavy (non-hydrogen) atoms. The summed E-state index contributed by atoms with van der Waals surface area (Å²) in [5.74, 6) is 0. The highest BCUT2D eigenvalue weighted by Gasteiger charge is 2.43. The Balaban J connectivity index is 1.29. The zero-order valence-electron chi connectivity index (χ0n) is 37.6. The largest absolute Gasteiger partial charge is 0.417 e. The van der Waals surface area contributed by atoms with Gasteiger partial charge in [-0.2, -0.15) is 84.3 Å². The molecule has 386 valence electrons. The van der Waals surface area contributed by atoms with E-state index >= 15 is 26.3 Å². The Kier molecular flexibility index (Phi) is 11.6. The molecule has 0 spiro atoms. The third kappa shape index (κ3) is 8.68. The first-order valence-corrected chi connectivity index (χ1v) is 22.0. The van der Waals surface area contributed by atoms with Gasteiger partial charge in [0, 0.05) is 32.7 Å². The summed E-state index contributed by atoms with van der Waals surface area (Å²) in [7, 11) is 0. The number of nitrogens with zero attached hydrogens (tertiary/aromatic N) is 3. The molecule has 10 rings (SSSR count). The van der Waals surface area contributed by atoms with Crippen LogP contribution < -0.4 is 0 Å². The van der Waals surface area contributed by atoms with Crippen molar-refractivity contribution in [3.05, 3.63) is 191 Å². The molecule has 0 amide bonds. The van der Waals surface area contributed by atoms with Gasteiger partial charge < -0.3 is 9.13 Å². The van der Waals surface area contributed by atoms with Crippen LogP contribution in [0.2, 0.25) is 0 Å². The number of para-hydroxylation sites is 2. The van der Waals surface area contributed by atoms with Crippen molar-refractivity contribution in [1.29, 1.82) is 5.26 Å². The maximum Gasteiger partial charge on any atom is 0.417 e. The summed E-state index contributed by atoms with van der Waals surface area (Å²) in [6, 6.07) is 25.6. The number of alkyl halides is 18. The van der Waals surface area contributed by atoms with E-state index in [2.05, 4.69) is 0 Å². The summed E-state index contributed by atoms with van der Waals surface area (Å²) in [5, 5.41) is 11.4. The zero-order valence-corrected chi connectivity index (χ0v) is 37.6. The van der Waals surface area contributed by atoms with Gasteiger partial charge in [-0.25, -0.2) is 0 Å². The van der Waals surface area contributed by atoms with E-state index in [-0.39, 0.29) is 72.6 Å². The number of hydrogen-bond donors (Lipinski definition) is 0. The number of halogens is 18. The predicted octanol–water partition coefficient (Wildman–Crippen LogP) is 18.9. The number of nitriles is 1. The standard InChI is InChI=1S/C55H25F18N3/c56-50(57,58)30-14-16-32(41(23-30)54(68,69)70)27-12-18-45-36(20-27)34-6-1-3-10-43(34)75(45)47-25-38(49-39(52(62,63)64)8-5-9-40(49)53(65,66)67)48(22-29(47)26-74)76-44-11-4-2-7-35(44)37-21-28(13-19-46(37)76)33-17-15-31(51(59,60)61)24-42(33)55(71,72)73/h1-25H. The van der Waals surface area contributed by atoms with Gasteiger partial charge in [0.15, 0.2) is 0 Å². The van der Waals surface area contributed by atoms with Gasteiger partial charge in [-0.3, -0.25) is 0 Å². The number of benzene rings is 8. The number of fused-ring (bicyclic) bond motifs is 6. The van der Waals surface area contributed by atoms with Crippen LogP contribution in [0.5, 0.6) is 0 Å². The van der Waals surface area contributed by atoms with E-state index in [1.54, 1.807) is 0 Å².